The van der Waals surface area contributed by atoms with Crippen LogP contribution in [0.4, 0.5) is 4.79 Å². The molecule has 5 nitrogen and oxygen atoms in total. The minimum Gasteiger partial charge on any atom is -0.481 e. The van der Waals surface area contributed by atoms with Crippen molar-refractivity contribution in [1.82, 2.24) is 4.90 Å². The van der Waals surface area contributed by atoms with Gasteiger partial charge < -0.3 is 14.7 Å². The van der Waals surface area contributed by atoms with E-state index in [0.29, 0.717) is 19.5 Å². The lowest BCUT2D eigenvalue weighted by Crippen LogP contribution is -2.32. The van der Waals surface area contributed by atoms with E-state index in [1.165, 1.54) is 5.56 Å². The molecule has 0 unspecified atom stereocenters. The van der Waals surface area contributed by atoms with Gasteiger partial charge >= 0.3 is 12.1 Å². The zero-order valence-electron chi connectivity index (χ0n) is 16.9. The monoisotopic (exact) mass is 383 g/mol. The Bertz CT molecular complexity index is 763. The second kappa shape index (κ2) is 9.93. The van der Waals surface area contributed by atoms with E-state index in [2.05, 4.69) is 32.9 Å². The molecule has 2 rings (SSSR count). The minimum atomic E-state index is -0.868. The molecule has 1 N–H and O–H groups in total. The van der Waals surface area contributed by atoms with Gasteiger partial charge in [0.2, 0.25) is 0 Å². The maximum atomic E-state index is 12.6. The van der Waals surface area contributed by atoms with E-state index in [0.717, 1.165) is 11.1 Å². The van der Waals surface area contributed by atoms with Crippen LogP contribution in [-0.4, -0.2) is 28.6 Å². The number of aliphatic carboxylic acids is 1. The Morgan fingerprint density at radius 3 is 2.18 bits per heavy atom. The van der Waals surface area contributed by atoms with E-state index >= 15 is 0 Å². The average molecular weight is 383 g/mol. The quantitative estimate of drug-likeness (QED) is 0.697. The van der Waals surface area contributed by atoms with Gasteiger partial charge in [0.05, 0.1) is 0 Å². The highest BCUT2D eigenvalue weighted by molar-refractivity contribution is 5.68. The number of rotatable bonds is 8. The van der Waals surface area contributed by atoms with Crippen molar-refractivity contribution in [2.24, 2.45) is 0 Å². The summed E-state index contributed by atoms with van der Waals surface area (Å²) in [5.74, 6) is -0.868. The van der Waals surface area contributed by atoms with Gasteiger partial charge in [-0.15, -0.1) is 0 Å². The van der Waals surface area contributed by atoms with Gasteiger partial charge in [-0.3, -0.25) is 4.79 Å². The third-order valence-corrected chi connectivity index (χ3v) is 4.48. The zero-order chi connectivity index (χ0) is 20.6. The van der Waals surface area contributed by atoms with Gasteiger partial charge in [-0.2, -0.15) is 0 Å². The van der Waals surface area contributed by atoms with E-state index in [1.54, 1.807) is 4.90 Å². The molecule has 1 amide bonds. The van der Waals surface area contributed by atoms with Gasteiger partial charge in [-0.25, -0.2) is 4.79 Å². The van der Waals surface area contributed by atoms with E-state index < -0.39 is 12.1 Å². The van der Waals surface area contributed by atoms with Crippen LogP contribution >= 0.6 is 0 Å². The van der Waals surface area contributed by atoms with Crippen LogP contribution in [0.25, 0.3) is 0 Å². The Morgan fingerprint density at radius 1 is 0.964 bits per heavy atom. The molecule has 0 heterocycles. The van der Waals surface area contributed by atoms with Crippen molar-refractivity contribution in [3.63, 3.8) is 0 Å². The van der Waals surface area contributed by atoms with Crippen LogP contribution in [0.15, 0.2) is 54.6 Å². The van der Waals surface area contributed by atoms with Gasteiger partial charge in [-0.05, 0) is 28.5 Å². The summed E-state index contributed by atoms with van der Waals surface area (Å²) in [7, 11) is 0. The van der Waals surface area contributed by atoms with E-state index in [1.807, 2.05) is 42.5 Å². The third-order valence-electron chi connectivity index (χ3n) is 4.48. The molecule has 0 atom stereocenters. The number of amides is 1. The van der Waals surface area contributed by atoms with Crippen LogP contribution in [0.5, 0.6) is 0 Å². The second-order valence-corrected chi connectivity index (χ2v) is 7.91. The van der Waals surface area contributed by atoms with E-state index in [-0.39, 0.29) is 18.4 Å². The van der Waals surface area contributed by atoms with Crippen molar-refractivity contribution < 1.29 is 19.4 Å². The van der Waals surface area contributed by atoms with Gasteiger partial charge in [-0.1, -0.05) is 75.4 Å². The highest BCUT2D eigenvalue weighted by Crippen LogP contribution is 2.22. The van der Waals surface area contributed by atoms with Crippen LogP contribution in [0.2, 0.25) is 0 Å². The molecular weight excluding hydrogens is 354 g/mol. The SMILES string of the molecule is CC(C)(C)c1ccc(CN(CCCC(=O)O)C(=O)OCc2ccccc2)cc1. The van der Waals surface area contributed by atoms with Crippen LogP contribution in [0.1, 0.15) is 50.3 Å². The molecule has 150 valence electrons. The Morgan fingerprint density at radius 2 is 1.61 bits per heavy atom. The highest BCUT2D eigenvalue weighted by atomic mass is 16.6. The number of carboxylic acid groups (broad SMARTS) is 1. The average Bonchev–Trinajstić information content (AvgIpc) is 2.65. The number of carbonyl (C=O) groups is 2. The standard InChI is InChI=1S/C23H29NO4/c1-23(2,3)20-13-11-18(12-14-20)16-24(15-7-10-21(25)26)22(27)28-17-19-8-5-4-6-9-19/h4-6,8-9,11-14H,7,10,15-17H2,1-3H3,(H,25,26). The molecule has 0 fully saturated rings. The van der Waals surface area contributed by atoms with Gasteiger partial charge in [0.15, 0.2) is 0 Å². The summed E-state index contributed by atoms with van der Waals surface area (Å²) in [6, 6.07) is 17.6. The van der Waals surface area contributed by atoms with Crippen LogP contribution in [0, 0.1) is 0 Å². The summed E-state index contributed by atoms with van der Waals surface area (Å²) in [4.78, 5) is 25.0. The fourth-order valence-electron chi connectivity index (χ4n) is 2.80. The lowest BCUT2D eigenvalue weighted by Gasteiger charge is -2.23. The molecular formula is C23H29NO4. The van der Waals surface area contributed by atoms with Crippen molar-refractivity contribution >= 4 is 12.1 Å². The van der Waals surface area contributed by atoms with Crippen molar-refractivity contribution in [2.45, 2.75) is 52.2 Å². The van der Waals surface area contributed by atoms with Gasteiger partial charge in [0.1, 0.15) is 6.61 Å². The number of benzene rings is 2. The normalized spacial score (nSPS) is 11.1. The highest BCUT2D eigenvalue weighted by Gasteiger charge is 2.17. The Labute approximate surface area is 166 Å². The topological polar surface area (TPSA) is 66.8 Å². The van der Waals surface area contributed by atoms with Crippen molar-refractivity contribution in [2.75, 3.05) is 6.54 Å². The van der Waals surface area contributed by atoms with Crippen molar-refractivity contribution in [3.05, 3.63) is 71.3 Å². The molecule has 0 aliphatic carbocycles. The van der Waals surface area contributed by atoms with Gasteiger partial charge in [0.25, 0.3) is 0 Å². The van der Waals surface area contributed by atoms with Crippen molar-refractivity contribution in [3.8, 4) is 0 Å². The lowest BCUT2D eigenvalue weighted by molar-refractivity contribution is -0.137. The molecule has 0 aliphatic heterocycles. The first kappa shape index (κ1) is 21.5. The fraction of sp³-hybridized carbons (Fsp3) is 0.391. The molecule has 28 heavy (non-hydrogen) atoms. The summed E-state index contributed by atoms with van der Waals surface area (Å²) in [6.45, 7) is 7.38. The number of carbonyl (C=O) groups excluding carboxylic acids is 1. The maximum absolute atomic E-state index is 12.6. The molecule has 0 aliphatic rings. The Balaban J connectivity index is 2.03. The first-order valence-corrected chi connectivity index (χ1v) is 9.52. The lowest BCUT2D eigenvalue weighted by atomic mass is 9.87. The smallest absolute Gasteiger partial charge is 0.410 e. The molecule has 0 saturated carbocycles. The van der Waals surface area contributed by atoms with Crippen molar-refractivity contribution in [1.29, 1.82) is 0 Å². The molecule has 0 aromatic heterocycles. The Hall–Kier alpha value is -2.82. The molecule has 5 heteroatoms. The summed E-state index contributed by atoms with van der Waals surface area (Å²) < 4.78 is 5.44. The van der Waals surface area contributed by atoms with Crippen LogP contribution in [0.3, 0.4) is 0 Å². The summed E-state index contributed by atoms with van der Waals surface area (Å²) in [5.41, 5.74) is 3.19. The molecule has 0 saturated heterocycles. The fourth-order valence-corrected chi connectivity index (χ4v) is 2.80. The molecule has 0 radical (unpaired) electrons. The second-order valence-electron chi connectivity index (χ2n) is 7.91. The molecule has 0 bridgehead atoms. The number of ether oxygens (including phenoxy) is 1. The number of nitrogens with zero attached hydrogens (tertiary/aromatic N) is 1. The molecule has 2 aromatic carbocycles. The first-order valence-electron chi connectivity index (χ1n) is 9.52. The van der Waals surface area contributed by atoms with Gasteiger partial charge in [0, 0.05) is 19.5 Å². The predicted octanol–water partition coefficient (Wildman–Crippen LogP) is 4.99. The number of hydrogen-bond donors (Lipinski definition) is 1. The van der Waals surface area contributed by atoms with Crippen LogP contribution < -0.4 is 0 Å². The zero-order valence-corrected chi connectivity index (χ0v) is 16.9. The molecule has 0 spiro atoms. The largest absolute Gasteiger partial charge is 0.481 e. The summed E-state index contributed by atoms with van der Waals surface area (Å²) in [6.07, 6.45) is -0.0319. The third kappa shape index (κ3) is 7.06. The minimum absolute atomic E-state index is 0.0193. The van der Waals surface area contributed by atoms with Crippen LogP contribution in [-0.2, 0) is 28.1 Å². The maximum Gasteiger partial charge on any atom is 0.410 e. The summed E-state index contributed by atoms with van der Waals surface area (Å²) in [5, 5.41) is 8.88. The number of carboxylic acids is 1. The molecule has 2 aromatic rings. The summed E-state index contributed by atoms with van der Waals surface area (Å²) >= 11 is 0. The first-order chi connectivity index (χ1) is 13.3. The predicted molar refractivity (Wildman–Crippen MR) is 109 cm³/mol. The number of hydrogen-bond acceptors (Lipinski definition) is 3. The van der Waals surface area contributed by atoms with E-state index in [9.17, 15) is 9.59 Å². The Kier molecular flexibility index (Phi) is 7.61. The van der Waals surface area contributed by atoms with E-state index in [4.69, 9.17) is 9.84 Å².